The molecular formula is C29H38N4O3S. The zero-order valence-electron chi connectivity index (χ0n) is 23.1. The number of likely N-dealkylation sites (tertiary alicyclic amines) is 1. The van der Waals surface area contributed by atoms with E-state index < -0.39 is 6.29 Å². The summed E-state index contributed by atoms with van der Waals surface area (Å²) in [5.41, 5.74) is 10.6. The van der Waals surface area contributed by atoms with E-state index in [1.807, 2.05) is 36.4 Å². The molecule has 0 N–H and O–H groups in total. The van der Waals surface area contributed by atoms with Crippen molar-refractivity contribution in [1.82, 2.24) is 19.7 Å². The third-order valence-electron chi connectivity index (χ3n) is 8.42. The van der Waals surface area contributed by atoms with Crippen LogP contribution in [-0.4, -0.2) is 38.7 Å². The predicted octanol–water partition coefficient (Wildman–Crippen LogP) is 5.90. The molecule has 0 aliphatic carbocycles. The van der Waals surface area contributed by atoms with Crippen molar-refractivity contribution in [1.29, 1.82) is 0 Å². The van der Waals surface area contributed by atoms with Gasteiger partial charge in [-0.15, -0.1) is 11.3 Å². The molecule has 1 saturated heterocycles. The van der Waals surface area contributed by atoms with Crippen molar-refractivity contribution in [2.24, 2.45) is 0 Å². The summed E-state index contributed by atoms with van der Waals surface area (Å²) >= 11 is 1.68. The van der Waals surface area contributed by atoms with Gasteiger partial charge < -0.3 is 14.4 Å². The maximum absolute atomic E-state index is 13.1. The third kappa shape index (κ3) is 4.87. The fourth-order valence-corrected chi connectivity index (χ4v) is 6.74. The lowest BCUT2D eigenvalue weighted by molar-refractivity contribution is -0.155. The molecule has 0 spiro atoms. The summed E-state index contributed by atoms with van der Waals surface area (Å²) in [6.45, 7) is 17.2. The van der Waals surface area contributed by atoms with Crippen LogP contribution in [0.5, 0.6) is 0 Å². The van der Waals surface area contributed by atoms with Gasteiger partial charge in [0.2, 0.25) is 12.2 Å². The monoisotopic (exact) mass is 522 g/mol. The van der Waals surface area contributed by atoms with Crippen LogP contribution in [0.25, 0.3) is 0 Å². The van der Waals surface area contributed by atoms with Crippen LogP contribution in [0.1, 0.15) is 93.5 Å². The molecule has 8 heteroatoms. The Kier molecular flexibility index (Phi) is 7.27. The molecule has 198 valence electrons. The Morgan fingerprint density at radius 2 is 1.57 bits per heavy atom. The maximum Gasteiger partial charge on any atom is 0.247 e. The largest absolute Gasteiger partial charge is 0.342 e. The summed E-state index contributed by atoms with van der Waals surface area (Å²) in [7, 11) is 0. The highest BCUT2D eigenvalue weighted by molar-refractivity contribution is 7.09. The first-order chi connectivity index (χ1) is 17.7. The van der Waals surface area contributed by atoms with Gasteiger partial charge in [0.15, 0.2) is 0 Å². The molecule has 0 saturated carbocycles. The summed E-state index contributed by atoms with van der Waals surface area (Å²) in [6.07, 6.45) is 1.37. The van der Waals surface area contributed by atoms with Gasteiger partial charge >= 0.3 is 0 Å². The Morgan fingerprint density at radius 3 is 2.11 bits per heavy atom. The molecule has 7 nitrogen and oxygen atoms in total. The molecule has 1 amide bonds. The number of aryl methyl sites for hydroxylation is 2. The van der Waals surface area contributed by atoms with Gasteiger partial charge in [-0.2, -0.15) is 5.10 Å². The van der Waals surface area contributed by atoms with Gasteiger partial charge in [0.25, 0.3) is 0 Å². The number of rotatable bonds is 4. The molecule has 0 bridgehead atoms. The molecule has 1 atom stereocenters. The second kappa shape index (κ2) is 10.3. The predicted molar refractivity (Wildman–Crippen MR) is 145 cm³/mol. The summed E-state index contributed by atoms with van der Waals surface area (Å²) in [5.74, 6) is 0.491. The Labute approximate surface area is 223 Å². The average molecular weight is 523 g/mol. The quantitative estimate of drug-likeness (QED) is 0.427. The Hall–Kier alpha value is -2.55. The average Bonchev–Trinajstić information content (AvgIpc) is 3.45. The van der Waals surface area contributed by atoms with Crippen LogP contribution in [-0.2, 0) is 27.5 Å². The molecule has 1 aromatic carbocycles. The summed E-state index contributed by atoms with van der Waals surface area (Å²) in [5, 5.41) is 7.70. The van der Waals surface area contributed by atoms with E-state index in [4.69, 9.17) is 14.5 Å². The normalized spacial score (nSPS) is 18.1. The number of thiazole rings is 1. The highest BCUT2D eigenvalue weighted by Gasteiger charge is 2.31. The number of carbonyl (C=O) groups excluding carboxylic acids is 1. The van der Waals surface area contributed by atoms with E-state index in [-0.39, 0.29) is 11.9 Å². The first-order valence-electron chi connectivity index (χ1n) is 13.2. The number of benzene rings is 1. The molecule has 1 fully saturated rings. The van der Waals surface area contributed by atoms with Gasteiger partial charge in [0.1, 0.15) is 11.7 Å². The van der Waals surface area contributed by atoms with Crippen molar-refractivity contribution in [3.63, 3.8) is 0 Å². The zero-order chi connectivity index (χ0) is 26.4. The number of hydrogen-bond acceptors (Lipinski definition) is 6. The van der Waals surface area contributed by atoms with Crippen molar-refractivity contribution in [2.75, 3.05) is 13.1 Å². The molecule has 2 aliphatic heterocycles. The SMILES string of the molecule is Cc1cc(C)n(C(C)C(=O)N2CCC(c3nc(C4OCc5c(C)c(C)c(C)c(C)c5CO4)cs3)CC2)n1. The number of hydrogen-bond donors (Lipinski definition) is 0. The van der Waals surface area contributed by atoms with Gasteiger partial charge in [0, 0.05) is 30.1 Å². The van der Waals surface area contributed by atoms with Crippen molar-refractivity contribution in [3.05, 3.63) is 66.9 Å². The molecule has 2 aromatic heterocycles. The van der Waals surface area contributed by atoms with Crippen LogP contribution < -0.4 is 0 Å². The minimum Gasteiger partial charge on any atom is -0.342 e. The molecule has 0 radical (unpaired) electrons. The second-order valence-corrected chi connectivity index (χ2v) is 11.6. The fraction of sp³-hybridized carbons (Fsp3) is 0.552. The number of carbonyl (C=O) groups is 1. The Morgan fingerprint density at radius 1 is 0.973 bits per heavy atom. The Bertz CT molecular complexity index is 1280. The zero-order valence-corrected chi connectivity index (χ0v) is 23.9. The lowest BCUT2D eigenvalue weighted by Gasteiger charge is -2.33. The summed E-state index contributed by atoms with van der Waals surface area (Å²) in [4.78, 5) is 20.1. The minimum atomic E-state index is -0.458. The van der Waals surface area contributed by atoms with Crippen LogP contribution in [0.15, 0.2) is 11.4 Å². The van der Waals surface area contributed by atoms with Crippen molar-refractivity contribution < 1.29 is 14.3 Å². The van der Waals surface area contributed by atoms with E-state index in [1.165, 1.54) is 33.4 Å². The van der Waals surface area contributed by atoms with Crippen LogP contribution in [0.2, 0.25) is 0 Å². The number of amides is 1. The summed E-state index contributed by atoms with van der Waals surface area (Å²) < 4.78 is 14.3. The lowest BCUT2D eigenvalue weighted by Crippen LogP contribution is -2.41. The number of ether oxygens (including phenoxy) is 2. The van der Waals surface area contributed by atoms with E-state index in [0.717, 1.165) is 48.0 Å². The Balaban J connectivity index is 1.22. The first-order valence-corrected chi connectivity index (χ1v) is 14.1. The molecular weight excluding hydrogens is 484 g/mol. The van der Waals surface area contributed by atoms with Gasteiger partial charge in [-0.05, 0) is 101 Å². The maximum atomic E-state index is 13.1. The molecule has 1 unspecified atom stereocenters. The van der Waals surface area contributed by atoms with E-state index in [0.29, 0.717) is 19.1 Å². The standard InChI is InChI=1S/C29H38N4O3S/c1-16-12-17(2)33(31-16)22(7)28(34)32-10-8-23(9-11-32)27-30-26(15-37-27)29-35-13-24-20(5)18(3)19(4)21(6)25(24)14-36-29/h12,15,22-23,29H,8-11,13-14H2,1-7H3. The molecule has 2 aliphatic rings. The fourth-order valence-electron chi connectivity index (χ4n) is 5.75. The van der Waals surface area contributed by atoms with Gasteiger partial charge in [-0.3, -0.25) is 9.48 Å². The first kappa shape index (κ1) is 26.1. The van der Waals surface area contributed by atoms with Crippen molar-refractivity contribution >= 4 is 17.2 Å². The number of aromatic nitrogens is 3. The minimum absolute atomic E-state index is 0.139. The van der Waals surface area contributed by atoms with Gasteiger partial charge in [-0.1, -0.05) is 0 Å². The molecule has 3 aromatic rings. The highest BCUT2D eigenvalue weighted by Crippen LogP contribution is 2.36. The number of piperidine rings is 1. The second-order valence-electron chi connectivity index (χ2n) is 10.7. The number of fused-ring (bicyclic) bond motifs is 1. The van der Waals surface area contributed by atoms with Crippen LogP contribution in [0.3, 0.4) is 0 Å². The molecule has 4 heterocycles. The lowest BCUT2D eigenvalue weighted by atomic mass is 9.89. The van der Waals surface area contributed by atoms with Crippen molar-refractivity contribution in [2.45, 2.75) is 92.8 Å². The van der Waals surface area contributed by atoms with E-state index in [2.05, 4.69) is 38.2 Å². The third-order valence-corrected chi connectivity index (χ3v) is 9.45. The number of nitrogens with zero attached hydrogens (tertiary/aromatic N) is 4. The van der Waals surface area contributed by atoms with E-state index in [1.54, 1.807) is 11.3 Å². The summed E-state index contributed by atoms with van der Waals surface area (Å²) in [6, 6.07) is 1.73. The van der Waals surface area contributed by atoms with Crippen LogP contribution in [0, 0.1) is 41.5 Å². The van der Waals surface area contributed by atoms with E-state index in [9.17, 15) is 4.79 Å². The smallest absolute Gasteiger partial charge is 0.247 e. The molecule has 5 rings (SSSR count). The van der Waals surface area contributed by atoms with Crippen molar-refractivity contribution in [3.8, 4) is 0 Å². The molecule has 37 heavy (non-hydrogen) atoms. The van der Waals surface area contributed by atoms with Crippen LogP contribution >= 0.6 is 11.3 Å². The highest BCUT2D eigenvalue weighted by atomic mass is 32.1. The van der Waals surface area contributed by atoms with Gasteiger partial charge in [0.05, 0.1) is 23.9 Å². The van der Waals surface area contributed by atoms with Crippen LogP contribution in [0.4, 0.5) is 0 Å². The van der Waals surface area contributed by atoms with E-state index >= 15 is 0 Å². The topological polar surface area (TPSA) is 69.5 Å². The van der Waals surface area contributed by atoms with Gasteiger partial charge in [-0.25, -0.2) is 4.98 Å².